The molecule has 1 aromatic heterocycles. The zero-order valence-electron chi connectivity index (χ0n) is 16.3. The first-order chi connectivity index (χ1) is 13.5. The van der Waals surface area contributed by atoms with Crippen LogP contribution in [0.15, 0.2) is 66.9 Å². The first-order valence-electron chi connectivity index (χ1n) is 9.09. The molecule has 1 unspecified atom stereocenters. The van der Waals surface area contributed by atoms with Crippen molar-refractivity contribution in [2.75, 3.05) is 24.3 Å². The number of rotatable bonds is 6. The van der Waals surface area contributed by atoms with E-state index in [2.05, 4.69) is 28.3 Å². The molecule has 0 aliphatic rings. The van der Waals surface area contributed by atoms with E-state index >= 15 is 0 Å². The Hall–Kier alpha value is -3.47. The summed E-state index contributed by atoms with van der Waals surface area (Å²) in [7, 11) is 3.86. The van der Waals surface area contributed by atoms with Gasteiger partial charge in [-0.2, -0.15) is 0 Å². The monoisotopic (exact) mass is 371 g/mol. The SMILES string of the molecule is CC(c1ccc(NC(=O)/C=C/c2ccccc2)cc1)c1nc[c]c(N(C)C)n1. The quantitative estimate of drug-likeness (QED) is 0.662. The highest BCUT2D eigenvalue weighted by Gasteiger charge is 2.13. The third-order valence-corrected chi connectivity index (χ3v) is 4.33. The van der Waals surface area contributed by atoms with Crippen LogP contribution in [0.5, 0.6) is 0 Å². The lowest BCUT2D eigenvalue weighted by molar-refractivity contribution is -0.111. The van der Waals surface area contributed by atoms with Crippen molar-refractivity contribution in [3.8, 4) is 0 Å². The van der Waals surface area contributed by atoms with E-state index in [1.54, 1.807) is 12.3 Å². The van der Waals surface area contributed by atoms with Gasteiger partial charge < -0.3 is 10.2 Å². The summed E-state index contributed by atoms with van der Waals surface area (Å²) in [4.78, 5) is 22.9. The van der Waals surface area contributed by atoms with Gasteiger partial charge in [-0.15, -0.1) is 0 Å². The molecular weight excluding hydrogens is 348 g/mol. The molecule has 3 rings (SSSR count). The topological polar surface area (TPSA) is 58.1 Å². The molecule has 0 fully saturated rings. The molecule has 0 bridgehead atoms. The fourth-order valence-corrected chi connectivity index (χ4v) is 2.69. The second kappa shape index (κ2) is 8.95. The fourth-order valence-electron chi connectivity index (χ4n) is 2.69. The highest BCUT2D eigenvalue weighted by atomic mass is 16.1. The number of nitrogens with zero attached hydrogens (tertiary/aromatic N) is 3. The van der Waals surface area contributed by atoms with Gasteiger partial charge in [0, 0.05) is 44.0 Å². The zero-order valence-corrected chi connectivity index (χ0v) is 16.3. The molecule has 1 amide bonds. The summed E-state index contributed by atoms with van der Waals surface area (Å²) in [6.07, 6.45) is 4.97. The molecule has 0 spiro atoms. The Balaban J connectivity index is 1.65. The van der Waals surface area contributed by atoms with Gasteiger partial charge in [0.05, 0.1) is 0 Å². The Morgan fingerprint density at radius 2 is 1.82 bits per heavy atom. The van der Waals surface area contributed by atoms with Gasteiger partial charge in [0.2, 0.25) is 5.91 Å². The number of aromatic nitrogens is 2. The van der Waals surface area contributed by atoms with E-state index in [1.807, 2.05) is 73.6 Å². The van der Waals surface area contributed by atoms with Crippen molar-refractivity contribution in [3.05, 3.63) is 89.9 Å². The van der Waals surface area contributed by atoms with Gasteiger partial charge in [-0.25, -0.2) is 9.97 Å². The number of amides is 1. The lowest BCUT2D eigenvalue weighted by Crippen LogP contribution is -2.13. The normalized spacial score (nSPS) is 12.0. The maximum Gasteiger partial charge on any atom is 0.248 e. The summed E-state index contributed by atoms with van der Waals surface area (Å²) < 4.78 is 0. The molecule has 3 aromatic rings. The Kier molecular flexibility index (Phi) is 6.17. The average molecular weight is 371 g/mol. The molecular formula is C23H23N4O. The van der Waals surface area contributed by atoms with E-state index in [0.29, 0.717) is 0 Å². The predicted octanol–water partition coefficient (Wildman–Crippen LogP) is 4.15. The summed E-state index contributed by atoms with van der Waals surface area (Å²) in [5, 5.41) is 2.87. The van der Waals surface area contributed by atoms with Gasteiger partial charge in [0.15, 0.2) is 0 Å². The third-order valence-electron chi connectivity index (χ3n) is 4.33. The van der Waals surface area contributed by atoms with Crippen LogP contribution < -0.4 is 10.2 Å². The van der Waals surface area contributed by atoms with Crippen LogP contribution in [0, 0.1) is 6.07 Å². The minimum absolute atomic E-state index is 0.0380. The molecule has 0 saturated heterocycles. The van der Waals surface area contributed by atoms with Crippen molar-refractivity contribution in [1.29, 1.82) is 0 Å². The van der Waals surface area contributed by atoms with Crippen LogP contribution in [0.1, 0.15) is 29.8 Å². The van der Waals surface area contributed by atoms with E-state index in [-0.39, 0.29) is 11.8 Å². The number of carbonyl (C=O) groups is 1. The van der Waals surface area contributed by atoms with Crippen molar-refractivity contribution in [3.63, 3.8) is 0 Å². The summed E-state index contributed by atoms with van der Waals surface area (Å²) in [6.45, 7) is 2.06. The molecule has 141 valence electrons. The Bertz CT molecular complexity index is 950. The molecule has 5 nitrogen and oxygen atoms in total. The van der Waals surface area contributed by atoms with Crippen LogP contribution in [-0.4, -0.2) is 30.0 Å². The second-order valence-corrected chi connectivity index (χ2v) is 6.67. The van der Waals surface area contributed by atoms with E-state index < -0.39 is 0 Å². The van der Waals surface area contributed by atoms with Crippen LogP contribution in [0.2, 0.25) is 0 Å². The third kappa shape index (κ3) is 5.04. The van der Waals surface area contributed by atoms with E-state index in [0.717, 1.165) is 28.5 Å². The molecule has 2 aromatic carbocycles. The minimum Gasteiger partial charge on any atom is -0.362 e. The van der Waals surface area contributed by atoms with Gasteiger partial charge in [-0.3, -0.25) is 4.79 Å². The first-order valence-corrected chi connectivity index (χ1v) is 9.09. The molecule has 5 heteroatoms. The maximum absolute atomic E-state index is 12.1. The fraction of sp³-hybridized carbons (Fsp3) is 0.174. The molecule has 1 N–H and O–H groups in total. The molecule has 1 radical (unpaired) electrons. The van der Waals surface area contributed by atoms with Gasteiger partial charge >= 0.3 is 0 Å². The van der Waals surface area contributed by atoms with Crippen LogP contribution in [0.4, 0.5) is 11.5 Å². The van der Waals surface area contributed by atoms with Crippen LogP contribution in [-0.2, 0) is 4.79 Å². The number of carbonyl (C=O) groups excluding carboxylic acids is 1. The molecule has 1 atom stereocenters. The summed E-state index contributed by atoms with van der Waals surface area (Å²) >= 11 is 0. The molecule has 0 saturated carbocycles. The highest BCUT2D eigenvalue weighted by Crippen LogP contribution is 2.23. The Morgan fingerprint density at radius 1 is 1.11 bits per heavy atom. The highest BCUT2D eigenvalue weighted by molar-refractivity contribution is 6.01. The maximum atomic E-state index is 12.1. The van der Waals surface area contributed by atoms with E-state index in [1.165, 1.54) is 6.08 Å². The molecule has 28 heavy (non-hydrogen) atoms. The van der Waals surface area contributed by atoms with Crippen molar-refractivity contribution in [2.24, 2.45) is 0 Å². The van der Waals surface area contributed by atoms with Crippen LogP contribution in [0.3, 0.4) is 0 Å². The minimum atomic E-state index is -0.165. The summed E-state index contributed by atoms with van der Waals surface area (Å²) in [6, 6.07) is 20.5. The van der Waals surface area contributed by atoms with E-state index in [9.17, 15) is 4.79 Å². The smallest absolute Gasteiger partial charge is 0.248 e. The van der Waals surface area contributed by atoms with Crippen LogP contribution in [0.25, 0.3) is 6.08 Å². The Morgan fingerprint density at radius 3 is 2.50 bits per heavy atom. The van der Waals surface area contributed by atoms with Gasteiger partial charge in [-0.05, 0) is 29.3 Å². The lowest BCUT2D eigenvalue weighted by atomic mass is 10.00. The first kappa shape index (κ1) is 19.3. The van der Waals surface area contributed by atoms with Crippen LogP contribution >= 0.6 is 0 Å². The van der Waals surface area contributed by atoms with Crippen molar-refractivity contribution >= 4 is 23.5 Å². The number of nitrogens with one attached hydrogen (secondary N) is 1. The molecule has 0 aliphatic heterocycles. The lowest BCUT2D eigenvalue weighted by Gasteiger charge is -2.15. The number of hydrogen-bond acceptors (Lipinski definition) is 4. The molecule has 0 aliphatic carbocycles. The average Bonchev–Trinajstić information content (AvgIpc) is 2.73. The van der Waals surface area contributed by atoms with Crippen molar-refractivity contribution in [1.82, 2.24) is 9.97 Å². The second-order valence-electron chi connectivity index (χ2n) is 6.67. The standard InChI is InChI=1S/C23H23N4O/c1-17(23-24-16-15-21(26-23)27(2)3)19-10-12-20(13-11-19)25-22(28)14-9-18-7-5-4-6-8-18/h4-14,16-17H,1-3H3,(H,25,28)/b14-9+. The van der Waals surface area contributed by atoms with Gasteiger partial charge in [0.25, 0.3) is 0 Å². The van der Waals surface area contributed by atoms with Gasteiger partial charge in [0.1, 0.15) is 11.6 Å². The largest absolute Gasteiger partial charge is 0.362 e. The number of benzene rings is 2. The number of hydrogen-bond donors (Lipinski definition) is 1. The summed E-state index contributed by atoms with van der Waals surface area (Å²) in [5.74, 6) is 1.37. The van der Waals surface area contributed by atoms with E-state index in [4.69, 9.17) is 0 Å². The van der Waals surface area contributed by atoms with Gasteiger partial charge in [-0.1, -0.05) is 49.4 Å². The summed E-state index contributed by atoms with van der Waals surface area (Å²) in [5.41, 5.74) is 2.81. The van der Waals surface area contributed by atoms with Crippen molar-refractivity contribution < 1.29 is 4.79 Å². The predicted molar refractivity (Wildman–Crippen MR) is 113 cm³/mol. The number of anilines is 2. The Labute approximate surface area is 165 Å². The molecule has 1 heterocycles. The van der Waals surface area contributed by atoms with Crippen molar-refractivity contribution in [2.45, 2.75) is 12.8 Å². The zero-order chi connectivity index (χ0) is 19.9.